The minimum absolute atomic E-state index is 0.0695. The number of amides is 4. The van der Waals surface area contributed by atoms with E-state index < -0.39 is 41.2 Å². The van der Waals surface area contributed by atoms with Gasteiger partial charge in [0.25, 0.3) is 35.5 Å². The van der Waals surface area contributed by atoms with Crippen LogP contribution in [0.1, 0.15) is 119 Å². The molecule has 0 bridgehead atoms. The molecule has 15 rings (SSSR count). The second-order valence-corrected chi connectivity index (χ2v) is 27.2. The summed E-state index contributed by atoms with van der Waals surface area (Å²) >= 11 is 12.5. The van der Waals surface area contributed by atoms with E-state index in [2.05, 4.69) is 61.1 Å². The minimum atomic E-state index is -2.78. The van der Waals surface area contributed by atoms with E-state index in [0.717, 1.165) is 41.5 Å². The fraction of sp³-hybridized carbons (Fsp3) is 0.225. The van der Waals surface area contributed by atoms with Crippen molar-refractivity contribution in [2.75, 3.05) is 21.3 Å². The lowest BCUT2D eigenvalue weighted by atomic mass is 9.98. The van der Waals surface area contributed by atoms with Crippen LogP contribution >= 0.6 is 23.2 Å². The number of aryl methyl sites for hydroxylation is 4. The van der Waals surface area contributed by atoms with Gasteiger partial charge < -0.3 is 21.3 Å². The van der Waals surface area contributed by atoms with Crippen molar-refractivity contribution in [3.63, 3.8) is 0 Å². The maximum atomic E-state index is 14.6. The van der Waals surface area contributed by atoms with E-state index in [0.29, 0.717) is 112 Å². The summed E-state index contributed by atoms with van der Waals surface area (Å²) in [6, 6.07) is 30.1. The van der Waals surface area contributed by atoms with E-state index in [9.17, 15) is 58.7 Å². The number of hydrogen-bond donors (Lipinski definition) is 4. The van der Waals surface area contributed by atoms with Crippen LogP contribution < -0.4 is 21.3 Å². The van der Waals surface area contributed by atoms with Crippen molar-refractivity contribution in [3.8, 4) is 45.0 Å². The Morgan fingerprint density at radius 2 is 0.822 bits per heavy atom. The molecule has 0 fully saturated rings. The molecule has 4 heterocycles. The number of carbonyl (C=O) groups excluding carboxylic acids is 4. The average molecular weight is 1500 g/mol. The Hall–Kier alpha value is -11.3. The zero-order chi connectivity index (χ0) is 76.2. The number of nitrogens with one attached hydrogen (secondary N) is 4. The lowest BCUT2D eigenvalue weighted by Crippen LogP contribution is -2.18. The van der Waals surface area contributed by atoms with Gasteiger partial charge in [-0.05, 0) is 169 Å². The standard InChI is InChI=1S/C21H16ClF2N3O.C21H17F2N3O.C20H13ClF3N3O.C18H19F2N3O/c1-12-4-2-3-5-15(12)20(28)27-19-11-25-18(10-26-19)16-6-13-8-21(23,24)9-14(13)7-17(16)22;1-12-16(9-13-5-4-7-14(13)20(12)23)18-10-25-19(11-24-18)26-21(27)15-6-2-3-8-17(15)22;21-15-6-12-8-20(23,24)7-11(12)5-14(15)17-9-26-18(10-25-17)27-19(28)13-3-1-2-4-16(13)22;1-10(2)17(24)23-16-9-21-15(8-22-16)13-7-14-12(6-11(13)3)4-5-18(14,19)20/h2-7,10-11H,8-9H2,1H3,(H,26,27,28);2-3,6,8-11H,4-5,7H2,1H3,(H,25,26,27);1-6,9-10H,7-8H2,(H,26,27,28);6-10H,4-5H2,1-3H3,(H,22,23,24). The quantitative estimate of drug-likeness (QED) is 0.0840. The summed E-state index contributed by atoms with van der Waals surface area (Å²) in [5, 5.41) is 11.0. The van der Waals surface area contributed by atoms with Crippen molar-refractivity contribution in [2.24, 2.45) is 5.92 Å². The summed E-state index contributed by atoms with van der Waals surface area (Å²) in [5.41, 5.74) is 11.7. The van der Waals surface area contributed by atoms with E-state index in [1.807, 2.05) is 38.1 Å². The molecule has 0 saturated carbocycles. The third kappa shape index (κ3) is 17.5. The first-order chi connectivity index (χ1) is 51.0. The molecule has 7 aromatic carbocycles. The fourth-order valence-corrected chi connectivity index (χ4v) is 13.3. The van der Waals surface area contributed by atoms with E-state index in [4.69, 9.17) is 23.2 Å². The van der Waals surface area contributed by atoms with Gasteiger partial charge in [-0.2, -0.15) is 0 Å². The van der Waals surface area contributed by atoms with Crippen LogP contribution in [0.15, 0.2) is 165 Å². The molecule has 0 spiro atoms. The van der Waals surface area contributed by atoms with E-state index in [1.165, 1.54) is 98.1 Å². The van der Waals surface area contributed by atoms with Crippen molar-refractivity contribution in [1.29, 1.82) is 0 Å². The molecular formula is C80H65Cl2F9N12O4. The second-order valence-electron chi connectivity index (χ2n) is 26.4. The van der Waals surface area contributed by atoms with Crippen LogP contribution in [-0.4, -0.2) is 75.3 Å². The summed E-state index contributed by atoms with van der Waals surface area (Å²) in [4.78, 5) is 82.0. The molecule has 0 unspecified atom stereocenters. The number of anilines is 4. The Kier molecular flexibility index (Phi) is 22.1. The lowest BCUT2D eigenvalue weighted by Gasteiger charge is -2.13. The third-order valence-corrected chi connectivity index (χ3v) is 19.0. The average Bonchev–Trinajstić information content (AvgIpc) is 1.67. The third-order valence-electron chi connectivity index (χ3n) is 18.3. The number of rotatable bonds is 12. The lowest BCUT2D eigenvalue weighted by molar-refractivity contribution is -0.118. The van der Waals surface area contributed by atoms with Gasteiger partial charge in [0.15, 0.2) is 23.3 Å². The first kappa shape index (κ1) is 75.4. The zero-order valence-electron chi connectivity index (χ0n) is 57.9. The van der Waals surface area contributed by atoms with Crippen LogP contribution in [0.3, 0.4) is 0 Å². The molecule has 0 radical (unpaired) electrons. The summed E-state index contributed by atoms with van der Waals surface area (Å²) < 4.78 is 124. The number of halogens is 11. The highest BCUT2D eigenvalue weighted by atomic mass is 35.5. The highest BCUT2D eigenvalue weighted by Crippen LogP contribution is 2.45. The van der Waals surface area contributed by atoms with Crippen LogP contribution in [-0.2, 0) is 55.7 Å². The molecule has 4 aliphatic rings. The number of fused-ring (bicyclic) bond motifs is 4. The molecule has 0 saturated heterocycles. The smallest absolute Gasteiger partial charge is 0.273 e. The van der Waals surface area contributed by atoms with Crippen molar-refractivity contribution in [1.82, 2.24) is 39.9 Å². The van der Waals surface area contributed by atoms with Gasteiger partial charge in [0.05, 0.1) is 93.5 Å². The van der Waals surface area contributed by atoms with Gasteiger partial charge in [0.2, 0.25) is 5.91 Å². The number of carbonyl (C=O) groups is 4. The molecular weight excluding hydrogens is 1430 g/mol. The molecule has 11 aromatic rings. The maximum absolute atomic E-state index is 14.6. The molecule has 546 valence electrons. The topological polar surface area (TPSA) is 220 Å². The largest absolute Gasteiger partial charge is 0.309 e. The van der Waals surface area contributed by atoms with Gasteiger partial charge in [-0.3, -0.25) is 39.1 Å². The maximum Gasteiger partial charge on any atom is 0.273 e. The van der Waals surface area contributed by atoms with Crippen LogP contribution in [0.4, 0.5) is 62.8 Å². The van der Waals surface area contributed by atoms with Crippen LogP contribution in [0.25, 0.3) is 45.0 Å². The molecule has 0 atom stereocenters. The summed E-state index contributed by atoms with van der Waals surface area (Å²) in [7, 11) is 0. The predicted molar refractivity (Wildman–Crippen MR) is 390 cm³/mol. The summed E-state index contributed by atoms with van der Waals surface area (Å²) in [6.07, 6.45) is 13.0. The Bertz CT molecular complexity index is 5080. The van der Waals surface area contributed by atoms with E-state index in [1.54, 1.807) is 63.2 Å². The van der Waals surface area contributed by atoms with Gasteiger partial charge in [-0.15, -0.1) is 0 Å². The zero-order valence-corrected chi connectivity index (χ0v) is 59.4. The number of hydrogen-bond acceptors (Lipinski definition) is 12. The van der Waals surface area contributed by atoms with Gasteiger partial charge in [-0.1, -0.05) is 85.6 Å². The molecule has 27 heteroatoms. The van der Waals surface area contributed by atoms with Gasteiger partial charge in [0.1, 0.15) is 17.5 Å². The Labute approximate surface area is 618 Å². The first-order valence-electron chi connectivity index (χ1n) is 33.8. The highest BCUT2D eigenvalue weighted by Gasteiger charge is 2.41. The van der Waals surface area contributed by atoms with Crippen molar-refractivity contribution < 1.29 is 58.7 Å². The highest BCUT2D eigenvalue weighted by molar-refractivity contribution is 6.33. The Morgan fingerprint density at radius 1 is 0.421 bits per heavy atom. The number of benzene rings is 7. The molecule has 4 aliphatic carbocycles. The van der Waals surface area contributed by atoms with Gasteiger partial charge in [0, 0.05) is 71.4 Å². The van der Waals surface area contributed by atoms with Gasteiger partial charge in [-0.25, -0.2) is 59.4 Å². The van der Waals surface area contributed by atoms with E-state index in [-0.39, 0.29) is 84.0 Å². The second kappa shape index (κ2) is 31.4. The van der Waals surface area contributed by atoms with Crippen LogP contribution in [0.2, 0.25) is 10.0 Å². The number of alkyl halides is 6. The van der Waals surface area contributed by atoms with Crippen molar-refractivity contribution in [3.05, 3.63) is 270 Å². The fourth-order valence-electron chi connectivity index (χ4n) is 12.8. The molecule has 4 N–H and O–H groups in total. The van der Waals surface area contributed by atoms with Crippen molar-refractivity contribution >= 4 is 70.1 Å². The monoisotopic (exact) mass is 1500 g/mol. The molecule has 0 aliphatic heterocycles. The SMILES string of the molecule is Cc1c(-c2cnc(NC(=O)c3ccccc3F)cn2)cc2c(c1F)CCC2.Cc1cc2c(cc1-c1cnc(NC(=O)C(C)C)cn1)C(F)(F)CC2.Cc1ccccc1C(=O)Nc1cnc(-c2cc3c(cc2Cl)CC(F)(F)C3)cn1.O=C(Nc1cnc(-c2cc3c(cc2Cl)CC(F)(F)C3)cn1)c1ccccc1F. The number of nitrogens with zero attached hydrogens (tertiary/aromatic N) is 8. The predicted octanol–water partition coefficient (Wildman–Crippen LogP) is 18.6. The first-order valence-corrected chi connectivity index (χ1v) is 34.5. The summed E-state index contributed by atoms with van der Waals surface area (Å²) in [6.45, 7) is 9.03. The molecule has 4 amide bonds. The van der Waals surface area contributed by atoms with Crippen molar-refractivity contribution in [2.45, 2.75) is 110 Å². The molecule has 4 aromatic heterocycles. The molecule has 16 nitrogen and oxygen atoms in total. The van der Waals surface area contributed by atoms with Crippen LogP contribution in [0.5, 0.6) is 0 Å². The van der Waals surface area contributed by atoms with Crippen LogP contribution in [0, 0.1) is 44.1 Å². The van der Waals surface area contributed by atoms with Gasteiger partial charge >= 0.3 is 0 Å². The van der Waals surface area contributed by atoms with E-state index >= 15 is 0 Å². The Morgan fingerprint density at radius 3 is 1.26 bits per heavy atom. The normalized spacial score (nSPS) is 14.3. The molecule has 107 heavy (non-hydrogen) atoms. The summed E-state index contributed by atoms with van der Waals surface area (Å²) in [5.74, 6) is -10.6. The minimum Gasteiger partial charge on any atom is -0.309 e. The Balaban J connectivity index is 0.000000134. The number of aromatic nitrogens is 8.